The Morgan fingerprint density at radius 1 is 0.312 bits per heavy atom. The summed E-state index contributed by atoms with van der Waals surface area (Å²) in [6.45, 7) is -4.62. The zero-order chi connectivity index (χ0) is 70.2. The van der Waals surface area contributed by atoms with Crippen LogP contribution in [0, 0.1) is 0 Å². The first-order valence-electron chi connectivity index (χ1n) is 30.6. The summed E-state index contributed by atoms with van der Waals surface area (Å²) in [6, 6.07) is 0. The van der Waals surface area contributed by atoms with Gasteiger partial charge in [-0.1, -0.05) is 0 Å². The normalized spacial score (nSPS) is 53.0. The summed E-state index contributed by atoms with van der Waals surface area (Å²) in [6.07, 6.45) is -83.3. The second-order valence-electron chi connectivity index (χ2n) is 24.5. The molecule has 1 unspecified atom stereocenters. The Hall–Kier alpha value is -2.17. The molecular weight excluding hydrogens is 1320 g/mol. The van der Waals surface area contributed by atoms with Gasteiger partial charge in [0.15, 0.2) is 68.8 Å². The lowest BCUT2D eigenvalue weighted by Gasteiger charge is -2.50. The minimum absolute atomic E-state index is 0.516. The van der Waals surface area contributed by atoms with E-state index in [1.807, 2.05) is 0 Å². The number of ether oxygens (including phenoxy) is 18. The van der Waals surface area contributed by atoms with E-state index in [-0.39, 0.29) is 0 Å². The van der Waals surface area contributed by atoms with Crippen molar-refractivity contribution in [3.63, 3.8) is 0 Å². The van der Waals surface area contributed by atoms with Crippen molar-refractivity contribution in [1.29, 1.82) is 0 Å². The summed E-state index contributed by atoms with van der Waals surface area (Å²) < 4.78 is 103. The van der Waals surface area contributed by atoms with Gasteiger partial charge in [0.25, 0.3) is 0 Å². The zero-order valence-electron chi connectivity index (χ0n) is 50.9. The summed E-state index contributed by atoms with van der Waals surface area (Å²) in [5.41, 5.74) is 0. The molecule has 9 saturated heterocycles. The number of aliphatic hydroxyl groups is 24. The number of hydrogen-bond acceptors (Lipinski definition) is 43. The van der Waals surface area contributed by atoms with E-state index in [0.29, 0.717) is 0 Å². The molecule has 9 heterocycles. The highest BCUT2D eigenvalue weighted by atomic mass is 16.8. The van der Waals surface area contributed by atoms with E-state index >= 15 is 0 Å². The smallest absolute Gasteiger partial charge is 0.303 e. The molecule has 96 heavy (non-hydrogen) atoms. The fourth-order valence-electron chi connectivity index (χ4n) is 12.0. The second kappa shape index (κ2) is 33.5. The molecule has 0 aromatic carbocycles. The lowest BCUT2D eigenvalue weighted by Crippen LogP contribution is -2.68. The van der Waals surface area contributed by atoms with Crippen LogP contribution in [0.3, 0.4) is 0 Å². The largest absolute Gasteiger partial charge is 0.457 e. The molecule has 0 radical (unpaired) electrons. The van der Waals surface area contributed by atoms with Gasteiger partial charge in [-0.3, -0.25) is 4.79 Å². The average molecular weight is 1410 g/mol. The highest BCUT2D eigenvalue weighted by Crippen LogP contribution is 2.38. The van der Waals surface area contributed by atoms with Gasteiger partial charge < -0.3 is 208 Å². The van der Waals surface area contributed by atoms with Crippen LogP contribution in [0.5, 0.6) is 0 Å². The third-order valence-corrected chi connectivity index (χ3v) is 17.8. The molecule has 0 bridgehead atoms. The molecule has 0 amide bonds. The van der Waals surface area contributed by atoms with Crippen LogP contribution in [-0.2, 0) is 90.1 Å². The van der Waals surface area contributed by atoms with Gasteiger partial charge in [-0.25, -0.2) is 0 Å². The maximum atomic E-state index is 12.5. The van der Waals surface area contributed by atoms with Crippen molar-refractivity contribution in [2.24, 2.45) is 0 Å². The maximum Gasteiger partial charge on any atom is 0.303 e. The Morgan fingerprint density at radius 3 is 1.17 bits per heavy atom. The Bertz CT molecular complexity index is 2400. The predicted molar refractivity (Wildman–Crippen MR) is 287 cm³/mol. The topological polar surface area (TPSA) is 669 Å². The summed E-state index contributed by atoms with van der Waals surface area (Å²) >= 11 is 0. The van der Waals surface area contributed by atoms with Gasteiger partial charge in [0, 0.05) is 6.92 Å². The first kappa shape index (κ1) is 78.0. The third-order valence-electron chi connectivity index (χ3n) is 17.8. The van der Waals surface area contributed by atoms with Crippen molar-refractivity contribution < 1.29 is 213 Å². The van der Waals surface area contributed by atoms with Crippen molar-refractivity contribution in [3.05, 3.63) is 0 Å². The van der Waals surface area contributed by atoms with Crippen LogP contribution in [0.25, 0.3) is 0 Å². The van der Waals surface area contributed by atoms with Crippen LogP contribution < -0.4 is 0 Å². The summed E-state index contributed by atoms with van der Waals surface area (Å²) in [5.74, 6) is -1.07. The molecule has 42 atom stereocenters. The van der Waals surface area contributed by atoms with E-state index in [9.17, 15) is 127 Å². The molecule has 9 fully saturated rings. The standard InChI is InChI=1S/C53H88O43/c1-11-21(60)27(66)35(74)48(85-11)96-44-42(86-12(2)56)26(65)16(3-54)88-53(44)95-43-24(63)15(59)7-81-52(43)84-10-20-41(30(69)37(76)50(91-20)92-39-17(4-55)87-45(78)32(71)29(39)68)94-51-38(77)31(70)40(19(90-51)9-83-47-34(73)23(62)14(58)6-80-47)93-49-36(75)28(67)25(64)18(89-49)8-82-46-33(72)22(61)13(57)5-79-46/h11,13-55,57-78H,3-10H2,1-2H3/t11-,13+,14+,15+,16+,17+,18+,19+,20+,21+,22-,23-,24-,25+,26-,27+,28-,29+,30+,31+,32+,33+,34+,35-,36+,37+,38+,39+,40+,41+,42-,43+,44+,45?,46+,47+,48-,49-,50-,51-,52+,53-/m0/s1. The number of carbonyl (C=O) groups excluding carboxylic acids is 1. The van der Waals surface area contributed by atoms with Gasteiger partial charge in [0.05, 0.1) is 59.0 Å². The van der Waals surface area contributed by atoms with E-state index < -0.39 is 317 Å². The first-order chi connectivity index (χ1) is 45.4. The minimum Gasteiger partial charge on any atom is -0.457 e. The molecule has 0 aromatic rings. The third kappa shape index (κ3) is 16.9. The molecule has 24 N–H and O–H groups in total. The quantitative estimate of drug-likeness (QED) is 0.0448. The molecule has 0 spiro atoms. The lowest BCUT2D eigenvalue weighted by atomic mass is 9.95. The number of rotatable bonds is 22. The predicted octanol–water partition coefficient (Wildman–Crippen LogP) is -17.1. The van der Waals surface area contributed by atoms with Gasteiger partial charge in [-0.05, 0) is 6.92 Å². The summed E-state index contributed by atoms with van der Waals surface area (Å²) in [7, 11) is 0. The minimum atomic E-state index is -2.44. The molecule has 558 valence electrons. The Morgan fingerprint density at radius 2 is 0.677 bits per heavy atom. The number of carbonyl (C=O) groups is 1. The van der Waals surface area contributed by atoms with Gasteiger partial charge in [-0.2, -0.15) is 0 Å². The van der Waals surface area contributed by atoms with Crippen LogP contribution in [0.15, 0.2) is 0 Å². The zero-order valence-corrected chi connectivity index (χ0v) is 50.9. The average Bonchev–Trinajstić information content (AvgIpc) is 0.848. The van der Waals surface area contributed by atoms with E-state index in [1.54, 1.807) is 0 Å². The van der Waals surface area contributed by atoms with Crippen molar-refractivity contribution in [1.82, 2.24) is 0 Å². The number of aliphatic hydroxyl groups excluding tert-OH is 24. The lowest BCUT2D eigenvalue weighted by molar-refractivity contribution is -0.398. The Labute approximate surface area is 542 Å². The van der Waals surface area contributed by atoms with Crippen molar-refractivity contribution in [3.8, 4) is 0 Å². The summed E-state index contributed by atoms with van der Waals surface area (Å²) in [5, 5.41) is 261. The molecule has 43 nitrogen and oxygen atoms in total. The fraction of sp³-hybridized carbons (Fsp3) is 0.981. The van der Waals surface area contributed by atoms with Crippen LogP contribution in [0.2, 0.25) is 0 Å². The summed E-state index contributed by atoms with van der Waals surface area (Å²) in [4.78, 5) is 12.5. The molecule has 0 aromatic heterocycles. The molecule has 43 heteroatoms. The molecular formula is C53H88O43. The molecule has 9 aliphatic heterocycles. The maximum absolute atomic E-state index is 12.5. The number of hydrogen-bond donors (Lipinski definition) is 24. The highest BCUT2D eigenvalue weighted by molar-refractivity contribution is 5.66. The highest BCUT2D eigenvalue weighted by Gasteiger charge is 2.59. The van der Waals surface area contributed by atoms with E-state index in [4.69, 9.17) is 85.3 Å². The van der Waals surface area contributed by atoms with Crippen LogP contribution in [-0.4, -0.2) is 439 Å². The van der Waals surface area contributed by atoms with Crippen molar-refractivity contribution in [2.45, 2.75) is 272 Å². The molecule has 9 aliphatic rings. The van der Waals surface area contributed by atoms with E-state index in [0.717, 1.165) is 6.92 Å². The van der Waals surface area contributed by atoms with E-state index in [2.05, 4.69) is 0 Å². The molecule has 9 rings (SSSR count). The van der Waals surface area contributed by atoms with Gasteiger partial charge in [0.2, 0.25) is 0 Å². The van der Waals surface area contributed by atoms with Crippen molar-refractivity contribution in [2.75, 3.05) is 52.9 Å². The fourth-order valence-corrected chi connectivity index (χ4v) is 12.0. The number of esters is 1. The van der Waals surface area contributed by atoms with Gasteiger partial charge in [0.1, 0.15) is 183 Å². The van der Waals surface area contributed by atoms with Crippen molar-refractivity contribution >= 4 is 5.97 Å². The first-order valence-corrected chi connectivity index (χ1v) is 30.6. The monoisotopic (exact) mass is 1410 g/mol. The Kier molecular flexibility index (Phi) is 27.2. The van der Waals surface area contributed by atoms with Crippen LogP contribution >= 0.6 is 0 Å². The SMILES string of the molecule is CC(=O)O[C@H]1[C@@H](O)[C@@H](CO)O[C@@H](O[C@H]2[C@@H](OC[C@H]3O[C@@H](O[C@H]4[C@H](O)[C@@H](O)C(O)O[C@@H]4CO)[C@H](O)[C@@H](O)[C@@H]3O[C@@H]3O[C@H](CO[C@H]4OC[C@@H](O)[C@H](O)[C@H]4O)[C@@H](O[C@@H]4O[C@H](CO[C@H]5OC[C@@H](O)[C@H](O)[C@H]5O)[C@@H](O)[C@H](O)[C@H]4O)[C@H](O)[C@H]3O)OC[C@@H](O)[C@@H]2O)[C@@H]1O[C@@H]1O[C@@H](C)[C@@H](O)[C@@H](O)[C@@H]1O. The van der Waals surface area contributed by atoms with E-state index in [1.165, 1.54) is 6.92 Å². The van der Waals surface area contributed by atoms with Crippen LogP contribution in [0.4, 0.5) is 0 Å². The molecule has 0 saturated carbocycles. The molecule has 0 aliphatic carbocycles. The second-order valence-corrected chi connectivity index (χ2v) is 24.5. The van der Waals surface area contributed by atoms with Gasteiger partial charge >= 0.3 is 5.97 Å². The van der Waals surface area contributed by atoms with Gasteiger partial charge in [-0.15, -0.1) is 0 Å². The van der Waals surface area contributed by atoms with Crippen LogP contribution in [0.1, 0.15) is 13.8 Å². The Balaban J connectivity index is 0.998.